The molecule has 0 rings (SSSR count). The minimum absolute atomic E-state index is 0.0794. The number of ketones is 1. The number of hydrogen-bond donors (Lipinski definition) is 1. The monoisotopic (exact) mass is 315 g/mol. The summed E-state index contributed by atoms with van der Waals surface area (Å²) in [7, 11) is 0. The van der Waals surface area contributed by atoms with E-state index in [4.69, 9.17) is 10.3 Å². The third-order valence-corrected chi connectivity index (χ3v) is 3.52. The molecule has 1 amide bonds. The summed E-state index contributed by atoms with van der Waals surface area (Å²) in [5.74, 6) is -0.479. The predicted octanol–water partition coefficient (Wildman–Crippen LogP) is 2.67. The summed E-state index contributed by atoms with van der Waals surface area (Å²) in [6, 6.07) is -0.819. The van der Waals surface area contributed by atoms with Crippen molar-refractivity contribution in [2.45, 2.75) is 70.1 Å². The van der Waals surface area contributed by atoms with Crippen molar-refractivity contribution in [2.24, 2.45) is 0 Å². The third kappa shape index (κ3) is 9.26. The highest BCUT2D eigenvalue weighted by atomic mass is 32.2. The lowest BCUT2D eigenvalue weighted by molar-refractivity contribution is -0.117. The van der Waals surface area contributed by atoms with E-state index in [2.05, 4.69) is 10.1 Å². The van der Waals surface area contributed by atoms with E-state index in [0.717, 1.165) is 6.21 Å². The molecular weight excluding hydrogens is 290 g/mol. The minimum Gasteiger partial charge on any atom is -0.444 e. The van der Waals surface area contributed by atoms with Crippen molar-refractivity contribution in [1.29, 1.82) is 0 Å². The van der Waals surface area contributed by atoms with Crippen LogP contribution in [0.1, 0.15) is 48.5 Å². The first-order chi connectivity index (χ1) is 9.35. The van der Waals surface area contributed by atoms with E-state index in [-0.39, 0.29) is 10.00 Å². The lowest BCUT2D eigenvalue weighted by Gasteiger charge is -2.29. The van der Waals surface area contributed by atoms with E-state index in [9.17, 15) is 9.59 Å². The molecule has 0 bridgehead atoms. The Kier molecular flexibility index (Phi) is 7.13. The van der Waals surface area contributed by atoms with Crippen molar-refractivity contribution in [3.05, 3.63) is 5.53 Å². The van der Waals surface area contributed by atoms with Crippen LogP contribution in [-0.2, 0) is 9.53 Å². The zero-order valence-electron chi connectivity index (χ0n) is 13.8. The van der Waals surface area contributed by atoms with Gasteiger partial charge in [-0.3, -0.25) is 4.79 Å². The molecule has 0 aromatic rings. The molecule has 120 valence electrons. The first-order valence-electron chi connectivity index (χ1n) is 6.74. The lowest BCUT2D eigenvalue weighted by atomic mass is 10.1. The maximum atomic E-state index is 12.0. The van der Waals surface area contributed by atoms with Gasteiger partial charge in [0.2, 0.25) is 0 Å². The van der Waals surface area contributed by atoms with Crippen LogP contribution in [0.15, 0.2) is 0 Å². The number of nitrogens with zero attached hydrogens (tertiary/aromatic N) is 2. The fourth-order valence-corrected chi connectivity index (χ4v) is 3.07. The van der Waals surface area contributed by atoms with Gasteiger partial charge in [0.05, 0.1) is 0 Å². The van der Waals surface area contributed by atoms with Crippen molar-refractivity contribution >= 4 is 29.9 Å². The van der Waals surface area contributed by atoms with E-state index in [0.29, 0.717) is 0 Å². The average Bonchev–Trinajstić information content (AvgIpc) is 2.20. The number of hydrogen-bond acceptors (Lipinski definition) is 4. The van der Waals surface area contributed by atoms with Gasteiger partial charge in [-0.25, -0.2) is 4.79 Å². The predicted molar refractivity (Wildman–Crippen MR) is 84.7 cm³/mol. The summed E-state index contributed by atoms with van der Waals surface area (Å²) >= 11 is 1.54. The molecule has 1 N–H and O–H groups in total. The zero-order valence-corrected chi connectivity index (χ0v) is 14.6. The Morgan fingerprint density at radius 3 is 2.14 bits per heavy atom. The summed E-state index contributed by atoms with van der Waals surface area (Å²) < 4.78 is 5.08. The third-order valence-electron chi connectivity index (χ3n) is 2.17. The van der Waals surface area contributed by atoms with Crippen molar-refractivity contribution in [3.8, 4) is 0 Å². The molecule has 0 saturated heterocycles. The highest BCUT2D eigenvalue weighted by Gasteiger charge is 2.32. The van der Waals surface area contributed by atoms with Crippen LogP contribution in [0, 0.1) is 0 Å². The lowest BCUT2D eigenvalue weighted by Crippen LogP contribution is -2.49. The molecule has 6 nitrogen and oxygen atoms in total. The van der Waals surface area contributed by atoms with Crippen molar-refractivity contribution in [2.75, 3.05) is 0 Å². The SMILES string of the molecule is C[C@H](SC(C)(C)C)[C@H](NC(=O)OC(C)(C)C)C(=O)C=[N+]=[N-]. The van der Waals surface area contributed by atoms with E-state index in [1.54, 1.807) is 32.5 Å². The molecule has 0 aliphatic carbocycles. The summed E-state index contributed by atoms with van der Waals surface area (Å²) in [5, 5.41) is 2.34. The van der Waals surface area contributed by atoms with Crippen LogP contribution < -0.4 is 5.32 Å². The normalized spacial score (nSPS) is 14.6. The Morgan fingerprint density at radius 1 is 1.24 bits per heavy atom. The number of nitrogens with one attached hydrogen (secondary N) is 1. The Morgan fingerprint density at radius 2 is 1.76 bits per heavy atom. The number of thioether (sulfide) groups is 1. The topological polar surface area (TPSA) is 91.8 Å². The second-order valence-electron chi connectivity index (χ2n) is 6.71. The number of carbonyl (C=O) groups excluding carboxylic acids is 2. The van der Waals surface area contributed by atoms with Gasteiger partial charge in [0.25, 0.3) is 5.78 Å². The van der Waals surface area contributed by atoms with E-state index >= 15 is 0 Å². The molecule has 7 heteroatoms. The fourth-order valence-electron chi connectivity index (χ4n) is 1.62. The minimum atomic E-state index is -0.819. The molecule has 2 atom stereocenters. The molecule has 0 aromatic heterocycles. The highest BCUT2D eigenvalue weighted by molar-refractivity contribution is 8.01. The first-order valence-corrected chi connectivity index (χ1v) is 7.62. The highest BCUT2D eigenvalue weighted by Crippen LogP contribution is 2.29. The molecular formula is C14H25N3O3S. The second kappa shape index (κ2) is 7.61. The molecule has 0 unspecified atom stereocenters. The number of rotatable bonds is 5. The zero-order chi connectivity index (χ0) is 16.8. The van der Waals surface area contributed by atoms with Crippen LogP contribution in [-0.4, -0.2) is 44.5 Å². The van der Waals surface area contributed by atoms with Gasteiger partial charge >= 0.3 is 12.3 Å². The molecule has 0 aliphatic heterocycles. The number of carbonyl (C=O) groups is 2. The van der Waals surface area contributed by atoms with Crippen LogP contribution in [0.3, 0.4) is 0 Å². The number of amides is 1. The molecule has 0 heterocycles. The number of Topliss-reactive ketones (excluding diaryl/α,β-unsaturated/α-hetero) is 1. The summed E-state index contributed by atoms with van der Waals surface area (Å²) in [4.78, 5) is 26.6. The fraction of sp³-hybridized carbons (Fsp3) is 0.786. The standard InChI is InChI=1S/C14H25N3O3S/c1-9(21-14(5,6)7)11(10(18)8-16-15)17-12(19)20-13(2,3)4/h8-9,11H,1-7H3,(H,17,19)/t9-,11-/m0/s1. The molecule has 0 aliphatic rings. The van der Waals surface area contributed by atoms with Gasteiger partial charge in [-0.05, 0) is 20.8 Å². The van der Waals surface area contributed by atoms with E-state index in [1.165, 1.54) is 0 Å². The van der Waals surface area contributed by atoms with E-state index in [1.807, 2.05) is 27.7 Å². The maximum Gasteiger partial charge on any atom is 0.408 e. The number of alkyl carbamates (subject to hydrolysis) is 1. The number of ether oxygens (including phenoxy) is 1. The van der Waals surface area contributed by atoms with Crippen LogP contribution >= 0.6 is 11.8 Å². The van der Waals surface area contributed by atoms with Gasteiger partial charge in [0.15, 0.2) is 0 Å². The molecule has 0 fully saturated rings. The molecule has 0 aromatic carbocycles. The second-order valence-corrected chi connectivity index (χ2v) is 8.91. The van der Waals surface area contributed by atoms with Crippen molar-refractivity contribution in [3.63, 3.8) is 0 Å². The Balaban J connectivity index is 5.03. The van der Waals surface area contributed by atoms with Crippen molar-refractivity contribution in [1.82, 2.24) is 5.32 Å². The molecule has 21 heavy (non-hydrogen) atoms. The summed E-state index contributed by atoms with van der Waals surface area (Å²) in [5.41, 5.74) is 7.87. The van der Waals surface area contributed by atoms with Crippen LogP contribution in [0.2, 0.25) is 0 Å². The maximum absolute atomic E-state index is 12.0. The van der Waals surface area contributed by atoms with Gasteiger partial charge in [-0.2, -0.15) is 16.6 Å². The van der Waals surface area contributed by atoms with Gasteiger partial charge in [0.1, 0.15) is 11.6 Å². The van der Waals surface area contributed by atoms with E-state index < -0.39 is 23.5 Å². The van der Waals surface area contributed by atoms with Crippen molar-refractivity contribution < 1.29 is 19.1 Å². The van der Waals surface area contributed by atoms with Gasteiger partial charge in [-0.15, -0.1) is 0 Å². The van der Waals surface area contributed by atoms with Crippen LogP contribution in [0.5, 0.6) is 0 Å². The first kappa shape index (κ1) is 19.7. The van der Waals surface area contributed by atoms with Crippen LogP contribution in [0.25, 0.3) is 5.53 Å². The Hall–Kier alpha value is -1.33. The Labute approximate surface area is 130 Å². The van der Waals surface area contributed by atoms with Crippen LogP contribution in [0.4, 0.5) is 4.79 Å². The van der Waals surface area contributed by atoms with Gasteiger partial charge in [-0.1, -0.05) is 27.7 Å². The van der Waals surface area contributed by atoms with Gasteiger partial charge in [0, 0.05) is 10.00 Å². The summed E-state index contributed by atoms with van der Waals surface area (Å²) in [6.45, 7) is 13.1. The average molecular weight is 315 g/mol. The summed E-state index contributed by atoms with van der Waals surface area (Å²) in [6.07, 6.45) is 0.121. The Bertz CT molecular complexity index is 432. The molecule has 0 spiro atoms. The van der Waals surface area contributed by atoms with Gasteiger partial charge < -0.3 is 15.6 Å². The molecule has 0 radical (unpaired) electrons. The quantitative estimate of drug-likeness (QED) is 0.479. The molecule has 0 saturated carbocycles. The largest absolute Gasteiger partial charge is 0.444 e. The smallest absolute Gasteiger partial charge is 0.408 e.